The maximum atomic E-state index is 13.7. The fourth-order valence-electron chi connectivity index (χ4n) is 1.84. The van der Waals surface area contributed by atoms with E-state index < -0.39 is 11.8 Å². The van der Waals surface area contributed by atoms with Crippen molar-refractivity contribution in [2.45, 2.75) is 13.2 Å². The van der Waals surface area contributed by atoms with E-state index >= 15 is 0 Å². The zero-order chi connectivity index (χ0) is 15.2. The van der Waals surface area contributed by atoms with E-state index in [4.69, 9.17) is 4.74 Å². The van der Waals surface area contributed by atoms with Crippen LogP contribution in [0, 0.1) is 5.82 Å². The molecule has 0 atom stereocenters. The van der Waals surface area contributed by atoms with Crippen molar-refractivity contribution in [2.24, 2.45) is 0 Å². The molecule has 0 unspecified atom stereocenters. The van der Waals surface area contributed by atoms with Crippen molar-refractivity contribution in [3.8, 4) is 0 Å². The van der Waals surface area contributed by atoms with Gasteiger partial charge in [0.1, 0.15) is 5.82 Å². The molecule has 0 saturated heterocycles. The van der Waals surface area contributed by atoms with Crippen molar-refractivity contribution >= 4 is 21.9 Å². The maximum Gasteiger partial charge on any atom is 0.340 e. The van der Waals surface area contributed by atoms with Crippen LogP contribution in [-0.2, 0) is 22.7 Å². The Labute approximate surface area is 130 Å². The van der Waals surface area contributed by atoms with Gasteiger partial charge in [0.2, 0.25) is 0 Å². The molecule has 0 aliphatic carbocycles. The van der Waals surface area contributed by atoms with Crippen LogP contribution in [0.2, 0.25) is 0 Å². The van der Waals surface area contributed by atoms with E-state index in [0.29, 0.717) is 12.2 Å². The van der Waals surface area contributed by atoms with E-state index in [0.717, 1.165) is 10.0 Å². The highest BCUT2D eigenvalue weighted by Gasteiger charge is 2.12. The zero-order valence-electron chi connectivity index (χ0n) is 11.4. The molecule has 0 N–H and O–H groups in total. The molecule has 0 amide bonds. The number of esters is 1. The molecule has 0 aromatic heterocycles. The van der Waals surface area contributed by atoms with Gasteiger partial charge in [-0.25, -0.2) is 9.18 Å². The second-order valence-electron chi connectivity index (χ2n) is 4.43. The lowest BCUT2D eigenvalue weighted by atomic mass is 10.1. The summed E-state index contributed by atoms with van der Waals surface area (Å²) >= 11 is 3.39. The van der Waals surface area contributed by atoms with Crippen LogP contribution in [-0.4, -0.2) is 13.1 Å². The molecule has 2 aromatic rings. The molecule has 5 heteroatoms. The molecular weight excluding hydrogens is 339 g/mol. The Morgan fingerprint density at radius 1 is 1.14 bits per heavy atom. The van der Waals surface area contributed by atoms with Crippen molar-refractivity contribution in [3.63, 3.8) is 0 Å². The Morgan fingerprint density at radius 3 is 2.48 bits per heavy atom. The second-order valence-corrected chi connectivity index (χ2v) is 5.34. The molecule has 3 nitrogen and oxygen atoms in total. The van der Waals surface area contributed by atoms with Crippen molar-refractivity contribution in [3.05, 3.63) is 69.4 Å². The molecule has 0 saturated carbocycles. The van der Waals surface area contributed by atoms with E-state index in [-0.39, 0.29) is 12.2 Å². The van der Waals surface area contributed by atoms with Crippen molar-refractivity contribution in [2.75, 3.05) is 7.11 Å². The van der Waals surface area contributed by atoms with Gasteiger partial charge in [-0.15, -0.1) is 0 Å². The smallest absolute Gasteiger partial charge is 0.340 e. The van der Waals surface area contributed by atoms with Crippen LogP contribution in [0.25, 0.3) is 0 Å². The lowest BCUT2D eigenvalue weighted by Crippen LogP contribution is -2.05. The first-order valence-electron chi connectivity index (χ1n) is 6.29. The van der Waals surface area contributed by atoms with Crippen LogP contribution in [0.5, 0.6) is 0 Å². The minimum atomic E-state index is -0.686. The van der Waals surface area contributed by atoms with E-state index in [9.17, 15) is 9.18 Å². The van der Waals surface area contributed by atoms with E-state index in [1.54, 1.807) is 6.07 Å². The predicted molar refractivity (Wildman–Crippen MR) is 80.4 cm³/mol. The van der Waals surface area contributed by atoms with E-state index in [2.05, 4.69) is 20.7 Å². The normalized spacial score (nSPS) is 10.4. The summed E-state index contributed by atoms with van der Waals surface area (Å²) in [5.74, 6) is -1.29. The number of ether oxygens (including phenoxy) is 2. The van der Waals surface area contributed by atoms with Gasteiger partial charge in [-0.05, 0) is 35.4 Å². The van der Waals surface area contributed by atoms with Crippen LogP contribution >= 0.6 is 15.9 Å². The van der Waals surface area contributed by atoms with Gasteiger partial charge in [-0.3, -0.25) is 0 Å². The van der Waals surface area contributed by atoms with Crippen molar-refractivity contribution < 1.29 is 18.7 Å². The van der Waals surface area contributed by atoms with Crippen molar-refractivity contribution in [1.82, 2.24) is 0 Å². The molecule has 21 heavy (non-hydrogen) atoms. The van der Waals surface area contributed by atoms with Crippen LogP contribution in [0.3, 0.4) is 0 Å². The van der Waals surface area contributed by atoms with Gasteiger partial charge in [0.05, 0.1) is 25.9 Å². The van der Waals surface area contributed by atoms with Crippen LogP contribution < -0.4 is 0 Å². The summed E-state index contributed by atoms with van der Waals surface area (Å²) in [7, 11) is 1.22. The molecule has 110 valence electrons. The molecule has 0 heterocycles. The first-order chi connectivity index (χ1) is 10.1. The molecule has 0 bridgehead atoms. The summed E-state index contributed by atoms with van der Waals surface area (Å²) in [5, 5.41) is 0. The molecule has 0 aliphatic rings. The summed E-state index contributed by atoms with van der Waals surface area (Å²) < 4.78 is 24.7. The SMILES string of the molecule is COC(=O)c1ccc(COCc2cccc(Br)c2)cc1F. The highest BCUT2D eigenvalue weighted by Crippen LogP contribution is 2.15. The summed E-state index contributed by atoms with van der Waals surface area (Å²) in [6.45, 7) is 0.699. The van der Waals surface area contributed by atoms with Gasteiger partial charge in [0.25, 0.3) is 0 Å². The summed E-state index contributed by atoms with van der Waals surface area (Å²) in [4.78, 5) is 11.3. The van der Waals surface area contributed by atoms with Gasteiger partial charge in [0, 0.05) is 4.47 Å². The quantitative estimate of drug-likeness (QED) is 0.760. The Hall–Kier alpha value is -1.72. The first kappa shape index (κ1) is 15.7. The van der Waals surface area contributed by atoms with Gasteiger partial charge < -0.3 is 9.47 Å². The second kappa shape index (κ2) is 7.33. The van der Waals surface area contributed by atoms with Gasteiger partial charge in [-0.1, -0.05) is 34.1 Å². The fourth-order valence-corrected chi connectivity index (χ4v) is 2.28. The molecule has 0 fully saturated rings. The fraction of sp³-hybridized carbons (Fsp3) is 0.188. The highest BCUT2D eigenvalue weighted by atomic mass is 79.9. The average molecular weight is 353 g/mol. The van der Waals surface area contributed by atoms with E-state index in [1.165, 1.54) is 19.2 Å². The monoisotopic (exact) mass is 352 g/mol. The lowest BCUT2D eigenvalue weighted by molar-refractivity contribution is 0.0595. The number of rotatable bonds is 5. The number of halogens is 2. The highest BCUT2D eigenvalue weighted by molar-refractivity contribution is 9.10. The molecule has 2 rings (SSSR count). The summed E-state index contributed by atoms with van der Waals surface area (Å²) in [6, 6.07) is 12.1. The van der Waals surface area contributed by atoms with Crippen LogP contribution in [0.15, 0.2) is 46.9 Å². The number of hydrogen-bond donors (Lipinski definition) is 0. The Bertz CT molecular complexity index is 643. The number of carbonyl (C=O) groups is 1. The van der Waals surface area contributed by atoms with E-state index in [1.807, 2.05) is 24.3 Å². The minimum absolute atomic E-state index is 0.0757. The molecule has 0 radical (unpaired) electrons. The number of benzene rings is 2. The van der Waals surface area contributed by atoms with Gasteiger partial charge in [0.15, 0.2) is 0 Å². The molecule has 0 aliphatic heterocycles. The molecular formula is C16H14BrFO3. The largest absolute Gasteiger partial charge is 0.465 e. The standard InChI is InChI=1S/C16H14BrFO3/c1-20-16(19)14-6-5-12(8-15(14)18)10-21-9-11-3-2-4-13(17)7-11/h2-8H,9-10H2,1H3. The predicted octanol–water partition coefficient (Wildman–Crippen LogP) is 4.09. The molecule has 2 aromatic carbocycles. The van der Waals surface area contributed by atoms with Gasteiger partial charge in [-0.2, -0.15) is 0 Å². The average Bonchev–Trinajstić information content (AvgIpc) is 2.47. The number of methoxy groups -OCH3 is 1. The number of carbonyl (C=O) groups excluding carboxylic acids is 1. The third-order valence-corrected chi connectivity index (χ3v) is 3.36. The Morgan fingerprint density at radius 2 is 1.86 bits per heavy atom. The topological polar surface area (TPSA) is 35.5 Å². The van der Waals surface area contributed by atoms with Gasteiger partial charge >= 0.3 is 5.97 Å². The Balaban J connectivity index is 1.95. The third kappa shape index (κ3) is 4.37. The molecule has 0 spiro atoms. The van der Waals surface area contributed by atoms with Crippen LogP contribution in [0.4, 0.5) is 4.39 Å². The summed E-state index contributed by atoms with van der Waals surface area (Å²) in [5.41, 5.74) is 1.61. The Kier molecular flexibility index (Phi) is 5.47. The zero-order valence-corrected chi connectivity index (χ0v) is 13.0. The lowest BCUT2D eigenvalue weighted by Gasteiger charge is -2.07. The summed E-state index contributed by atoms with van der Waals surface area (Å²) in [6.07, 6.45) is 0. The first-order valence-corrected chi connectivity index (χ1v) is 7.08. The number of hydrogen-bond acceptors (Lipinski definition) is 3. The van der Waals surface area contributed by atoms with Crippen LogP contribution in [0.1, 0.15) is 21.5 Å². The maximum absolute atomic E-state index is 13.7. The minimum Gasteiger partial charge on any atom is -0.465 e. The van der Waals surface area contributed by atoms with Crippen molar-refractivity contribution in [1.29, 1.82) is 0 Å². The third-order valence-electron chi connectivity index (χ3n) is 2.87.